The molecule has 0 aliphatic carbocycles. The molecule has 124 valence electrons. The summed E-state index contributed by atoms with van der Waals surface area (Å²) in [5.74, 6) is 0.546. The minimum absolute atomic E-state index is 0.352. The minimum atomic E-state index is 0.352. The lowest BCUT2D eigenvalue weighted by Crippen LogP contribution is -2.04. The zero-order chi connectivity index (χ0) is 17.2. The van der Waals surface area contributed by atoms with E-state index in [0.717, 1.165) is 22.6 Å². The predicted molar refractivity (Wildman–Crippen MR) is 103 cm³/mol. The Morgan fingerprint density at radius 3 is 2.72 bits per heavy atom. The van der Waals surface area contributed by atoms with Crippen molar-refractivity contribution in [1.29, 1.82) is 0 Å². The van der Waals surface area contributed by atoms with E-state index in [9.17, 15) is 0 Å². The van der Waals surface area contributed by atoms with E-state index >= 15 is 0 Å². The highest BCUT2D eigenvalue weighted by molar-refractivity contribution is 7.99. The lowest BCUT2D eigenvalue weighted by Gasteiger charge is -2.21. The molecule has 0 amide bonds. The second kappa shape index (κ2) is 6.74. The van der Waals surface area contributed by atoms with Crippen molar-refractivity contribution in [3.8, 4) is 0 Å². The third-order valence-corrected chi connectivity index (χ3v) is 5.10. The molecule has 0 saturated carbocycles. The highest BCUT2D eigenvalue weighted by Gasteiger charge is 2.15. The molecule has 3 aromatic rings. The Hall–Kier alpha value is -2.57. The molecule has 2 N–H and O–H groups in total. The van der Waals surface area contributed by atoms with Crippen LogP contribution >= 0.6 is 23.4 Å². The molecule has 0 fully saturated rings. The maximum atomic E-state index is 5.73. The molecule has 4 rings (SSSR count). The van der Waals surface area contributed by atoms with Crippen molar-refractivity contribution >= 4 is 46.3 Å². The number of nitrogens with zero attached hydrogens (tertiary/aromatic N) is 3. The van der Waals surface area contributed by atoms with E-state index in [2.05, 4.69) is 62.4 Å². The van der Waals surface area contributed by atoms with Crippen molar-refractivity contribution in [2.75, 3.05) is 10.7 Å². The van der Waals surface area contributed by atoms with Gasteiger partial charge in [-0.3, -0.25) is 5.43 Å². The lowest BCUT2D eigenvalue weighted by molar-refractivity contribution is 1.02. The van der Waals surface area contributed by atoms with Crippen LogP contribution in [0.1, 0.15) is 12.5 Å². The van der Waals surface area contributed by atoms with Crippen LogP contribution in [0.4, 0.5) is 17.2 Å². The summed E-state index contributed by atoms with van der Waals surface area (Å²) in [4.78, 5) is 2.43. The van der Waals surface area contributed by atoms with Crippen molar-refractivity contribution in [3.63, 3.8) is 0 Å². The van der Waals surface area contributed by atoms with Gasteiger partial charge < -0.3 is 5.32 Å². The number of rotatable bonds is 3. The molecule has 0 spiro atoms. The molecule has 0 atom stereocenters. The predicted octanol–water partition coefficient (Wildman–Crippen LogP) is 5.17. The van der Waals surface area contributed by atoms with Crippen molar-refractivity contribution < 1.29 is 0 Å². The zero-order valence-corrected chi connectivity index (χ0v) is 14.9. The fourth-order valence-corrected chi connectivity index (χ4v) is 3.51. The summed E-state index contributed by atoms with van der Waals surface area (Å²) in [7, 11) is 0. The SMILES string of the molecule is C/C(=N\Nc1ccc(Cl)nn1)c1ccc2c(c1)Nc1ccccc1S2. The summed E-state index contributed by atoms with van der Waals surface area (Å²) in [6.45, 7) is 1.95. The van der Waals surface area contributed by atoms with Gasteiger partial charge in [-0.1, -0.05) is 41.6 Å². The first-order valence-corrected chi connectivity index (χ1v) is 8.86. The Kier molecular flexibility index (Phi) is 4.29. The van der Waals surface area contributed by atoms with E-state index in [1.165, 1.54) is 9.79 Å². The molecule has 0 unspecified atom stereocenters. The smallest absolute Gasteiger partial charge is 0.168 e. The van der Waals surface area contributed by atoms with Gasteiger partial charge in [0.2, 0.25) is 0 Å². The van der Waals surface area contributed by atoms with Crippen LogP contribution in [-0.2, 0) is 0 Å². The molecule has 0 bridgehead atoms. The Balaban J connectivity index is 1.55. The highest BCUT2D eigenvalue weighted by atomic mass is 35.5. The molecule has 7 heteroatoms. The molecule has 1 aliphatic heterocycles. The summed E-state index contributed by atoms with van der Waals surface area (Å²) in [6.07, 6.45) is 0. The largest absolute Gasteiger partial charge is 0.354 e. The second-order valence-corrected chi connectivity index (χ2v) is 6.96. The van der Waals surface area contributed by atoms with Gasteiger partial charge in [-0.15, -0.1) is 10.2 Å². The van der Waals surface area contributed by atoms with Crippen molar-refractivity contribution in [2.45, 2.75) is 16.7 Å². The molecule has 25 heavy (non-hydrogen) atoms. The second-order valence-electron chi connectivity index (χ2n) is 5.48. The number of halogens is 1. The van der Waals surface area contributed by atoms with Crippen molar-refractivity contribution in [2.24, 2.45) is 5.10 Å². The van der Waals surface area contributed by atoms with Gasteiger partial charge in [-0.25, -0.2) is 0 Å². The monoisotopic (exact) mass is 367 g/mol. The third-order valence-electron chi connectivity index (χ3n) is 3.74. The Morgan fingerprint density at radius 1 is 1.04 bits per heavy atom. The summed E-state index contributed by atoms with van der Waals surface area (Å²) >= 11 is 7.49. The molecule has 5 nitrogen and oxygen atoms in total. The first kappa shape index (κ1) is 15.9. The van der Waals surface area contributed by atoms with Crippen LogP contribution in [-0.4, -0.2) is 15.9 Å². The first-order chi connectivity index (χ1) is 12.2. The molecule has 1 aliphatic rings. The average molecular weight is 368 g/mol. The summed E-state index contributed by atoms with van der Waals surface area (Å²) in [5, 5.41) is 15.9. The van der Waals surface area contributed by atoms with E-state index in [1.54, 1.807) is 23.9 Å². The van der Waals surface area contributed by atoms with Gasteiger partial charge in [0.15, 0.2) is 11.0 Å². The fraction of sp³-hybridized carbons (Fsp3) is 0.0556. The number of nitrogens with one attached hydrogen (secondary N) is 2. The number of fused-ring (bicyclic) bond motifs is 2. The van der Waals surface area contributed by atoms with E-state index < -0.39 is 0 Å². The van der Waals surface area contributed by atoms with E-state index in [-0.39, 0.29) is 0 Å². The Morgan fingerprint density at radius 2 is 1.88 bits per heavy atom. The summed E-state index contributed by atoms with van der Waals surface area (Å²) in [6, 6.07) is 18.0. The van der Waals surface area contributed by atoms with Gasteiger partial charge in [0.25, 0.3) is 0 Å². The van der Waals surface area contributed by atoms with Crippen LogP contribution in [0.5, 0.6) is 0 Å². The maximum Gasteiger partial charge on any atom is 0.168 e. The van der Waals surface area contributed by atoms with Crippen LogP contribution in [0, 0.1) is 0 Å². The number of anilines is 3. The number of hydrogen-bond donors (Lipinski definition) is 2. The van der Waals surface area contributed by atoms with Gasteiger partial charge in [0.1, 0.15) is 0 Å². The first-order valence-electron chi connectivity index (χ1n) is 7.67. The van der Waals surface area contributed by atoms with Gasteiger partial charge in [0.05, 0.1) is 17.1 Å². The number of para-hydroxylation sites is 1. The molecule has 2 aromatic carbocycles. The fourth-order valence-electron chi connectivity index (χ4n) is 2.45. The summed E-state index contributed by atoms with van der Waals surface area (Å²) in [5.41, 5.74) is 6.99. The highest BCUT2D eigenvalue weighted by Crippen LogP contribution is 2.44. The molecule has 0 saturated heterocycles. The standard InChI is InChI=1S/C18H14ClN5S/c1-11(21-23-18-9-8-17(19)22-24-18)12-6-7-16-14(10-12)20-13-4-2-3-5-15(13)25-16/h2-10,20H,1H3,(H,23,24)/b21-11+. The van der Waals surface area contributed by atoms with E-state index in [0.29, 0.717) is 11.0 Å². The number of benzene rings is 2. The van der Waals surface area contributed by atoms with Gasteiger partial charge in [0, 0.05) is 9.79 Å². The molecule has 0 radical (unpaired) electrons. The van der Waals surface area contributed by atoms with Crippen LogP contribution in [0.2, 0.25) is 5.15 Å². The van der Waals surface area contributed by atoms with Crippen LogP contribution in [0.25, 0.3) is 0 Å². The van der Waals surface area contributed by atoms with Gasteiger partial charge >= 0.3 is 0 Å². The third kappa shape index (κ3) is 3.45. The number of hydrazone groups is 1. The topological polar surface area (TPSA) is 62.2 Å². The van der Waals surface area contributed by atoms with Crippen molar-refractivity contribution in [3.05, 3.63) is 65.3 Å². The van der Waals surface area contributed by atoms with Crippen LogP contribution in [0.3, 0.4) is 0 Å². The Bertz CT molecular complexity index is 956. The lowest BCUT2D eigenvalue weighted by atomic mass is 10.1. The maximum absolute atomic E-state index is 5.73. The van der Waals surface area contributed by atoms with Crippen LogP contribution < -0.4 is 10.7 Å². The normalized spacial score (nSPS) is 12.8. The van der Waals surface area contributed by atoms with Crippen LogP contribution in [0.15, 0.2) is 69.5 Å². The molecular weight excluding hydrogens is 354 g/mol. The van der Waals surface area contributed by atoms with Gasteiger partial charge in [-0.05, 0) is 48.9 Å². The molecular formula is C18H14ClN5S. The molecule has 1 aromatic heterocycles. The zero-order valence-electron chi connectivity index (χ0n) is 13.3. The number of aromatic nitrogens is 2. The van der Waals surface area contributed by atoms with E-state index in [4.69, 9.17) is 11.6 Å². The summed E-state index contributed by atoms with van der Waals surface area (Å²) < 4.78 is 0. The quantitative estimate of drug-likeness (QED) is 0.386. The minimum Gasteiger partial charge on any atom is -0.354 e. The van der Waals surface area contributed by atoms with Gasteiger partial charge in [-0.2, -0.15) is 5.10 Å². The van der Waals surface area contributed by atoms with Crippen molar-refractivity contribution in [1.82, 2.24) is 10.2 Å². The number of hydrogen-bond acceptors (Lipinski definition) is 6. The average Bonchev–Trinajstić information content (AvgIpc) is 2.65. The molecule has 2 heterocycles. The van der Waals surface area contributed by atoms with E-state index in [1.807, 2.05) is 13.0 Å². The Labute approximate surface area is 154 Å².